The lowest BCUT2D eigenvalue weighted by Gasteiger charge is -2.35. The number of hydrogen-bond acceptors (Lipinski definition) is 2. The van der Waals surface area contributed by atoms with Crippen LogP contribution in [0.1, 0.15) is 26.7 Å². The molecular formula is C8H16N2O2. The van der Waals surface area contributed by atoms with Crippen LogP contribution >= 0.6 is 0 Å². The summed E-state index contributed by atoms with van der Waals surface area (Å²) in [7, 11) is 0. The number of amides is 1. The molecule has 0 saturated carbocycles. The van der Waals surface area contributed by atoms with E-state index in [0.29, 0.717) is 0 Å². The van der Waals surface area contributed by atoms with Gasteiger partial charge in [-0.05, 0) is 26.7 Å². The third kappa shape index (κ3) is 2.70. The Balaban J connectivity index is 2.31. The van der Waals surface area contributed by atoms with E-state index in [4.69, 9.17) is 5.11 Å². The third-order valence-corrected chi connectivity index (χ3v) is 2.27. The SMILES string of the molecule is CC1(C)CCC(NC(=O)O)CN1. The van der Waals surface area contributed by atoms with E-state index in [2.05, 4.69) is 24.5 Å². The maximum absolute atomic E-state index is 10.3. The summed E-state index contributed by atoms with van der Waals surface area (Å²) < 4.78 is 0. The van der Waals surface area contributed by atoms with Crippen LogP contribution < -0.4 is 10.6 Å². The first-order valence-electron chi connectivity index (χ1n) is 4.24. The maximum atomic E-state index is 10.3. The van der Waals surface area contributed by atoms with Crippen LogP contribution in [-0.4, -0.2) is 29.3 Å². The number of nitrogens with one attached hydrogen (secondary N) is 2. The van der Waals surface area contributed by atoms with Gasteiger partial charge in [-0.3, -0.25) is 0 Å². The highest BCUT2D eigenvalue weighted by Crippen LogP contribution is 2.17. The molecule has 1 atom stereocenters. The second-order valence-corrected chi connectivity index (χ2v) is 3.95. The zero-order valence-corrected chi connectivity index (χ0v) is 7.55. The molecule has 4 nitrogen and oxygen atoms in total. The Morgan fingerprint density at radius 1 is 1.67 bits per heavy atom. The Kier molecular flexibility index (Phi) is 2.57. The van der Waals surface area contributed by atoms with Gasteiger partial charge in [0.05, 0.1) is 0 Å². The molecule has 1 saturated heterocycles. The Hall–Kier alpha value is -0.770. The van der Waals surface area contributed by atoms with Crippen LogP contribution in [0.4, 0.5) is 4.79 Å². The monoisotopic (exact) mass is 172 g/mol. The summed E-state index contributed by atoms with van der Waals surface area (Å²) in [4.78, 5) is 10.3. The van der Waals surface area contributed by atoms with Crippen LogP contribution in [0.5, 0.6) is 0 Å². The Morgan fingerprint density at radius 2 is 2.33 bits per heavy atom. The molecule has 70 valence electrons. The van der Waals surface area contributed by atoms with E-state index in [1.807, 2.05) is 0 Å². The summed E-state index contributed by atoms with van der Waals surface area (Å²) in [6.07, 6.45) is 1.01. The van der Waals surface area contributed by atoms with Gasteiger partial charge in [0.2, 0.25) is 0 Å². The summed E-state index contributed by atoms with van der Waals surface area (Å²) in [5, 5.41) is 14.2. The van der Waals surface area contributed by atoms with Crippen LogP contribution in [0.15, 0.2) is 0 Å². The number of piperidine rings is 1. The Labute approximate surface area is 72.3 Å². The van der Waals surface area contributed by atoms with Crippen LogP contribution in [-0.2, 0) is 0 Å². The molecule has 0 spiro atoms. The first kappa shape index (κ1) is 9.32. The van der Waals surface area contributed by atoms with Gasteiger partial charge in [-0.2, -0.15) is 0 Å². The smallest absolute Gasteiger partial charge is 0.404 e. The molecular weight excluding hydrogens is 156 g/mol. The molecule has 0 bridgehead atoms. The molecule has 0 radical (unpaired) electrons. The number of carboxylic acid groups (broad SMARTS) is 1. The zero-order chi connectivity index (χ0) is 9.19. The van der Waals surface area contributed by atoms with Crippen molar-refractivity contribution in [3.63, 3.8) is 0 Å². The van der Waals surface area contributed by atoms with Crippen molar-refractivity contribution in [3.05, 3.63) is 0 Å². The van der Waals surface area contributed by atoms with Gasteiger partial charge in [0.25, 0.3) is 0 Å². The summed E-state index contributed by atoms with van der Waals surface area (Å²) in [6, 6.07) is 0.0792. The van der Waals surface area contributed by atoms with Crippen molar-refractivity contribution in [1.82, 2.24) is 10.6 Å². The number of carbonyl (C=O) groups is 1. The average Bonchev–Trinajstić information content (AvgIpc) is 1.93. The first-order valence-corrected chi connectivity index (χ1v) is 4.24. The van der Waals surface area contributed by atoms with Gasteiger partial charge in [-0.25, -0.2) is 4.79 Å². The van der Waals surface area contributed by atoms with Crippen molar-refractivity contribution < 1.29 is 9.90 Å². The standard InChI is InChI=1S/C8H16N2O2/c1-8(2)4-3-6(5-9-8)10-7(11)12/h6,9-10H,3-5H2,1-2H3,(H,11,12). The van der Waals surface area contributed by atoms with E-state index >= 15 is 0 Å². The van der Waals surface area contributed by atoms with Crippen LogP contribution in [0.3, 0.4) is 0 Å². The van der Waals surface area contributed by atoms with Crippen molar-refractivity contribution in [3.8, 4) is 0 Å². The molecule has 12 heavy (non-hydrogen) atoms. The van der Waals surface area contributed by atoms with Crippen molar-refractivity contribution in [2.75, 3.05) is 6.54 Å². The zero-order valence-electron chi connectivity index (χ0n) is 7.55. The fraction of sp³-hybridized carbons (Fsp3) is 0.875. The first-order chi connectivity index (χ1) is 5.49. The molecule has 0 aromatic rings. The van der Waals surface area contributed by atoms with Crippen LogP contribution in [0.2, 0.25) is 0 Å². The molecule has 1 aliphatic heterocycles. The average molecular weight is 172 g/mol. The Bertz CT molecular complexity index is 170. The molecule has 1 unspecified atom stereocenters. The molecule has 1 aliphatic rings. The van der Waals surface area contributed by atoms with E-state index in [1.54, 1.807) is 0 Å². The van der Waals surface area contributed by atoms with Crippen molar-refractivity contribution in [1.29, 1.82) is 0 Å². The Morgan fingerprint density at radius 3 is 2.75 bits per heavy atom. The van der Waals surface area contributed by atoms with Gasteiger partial charge < -0.3 is 15.7 Å². The van der Waals surface area contributed by atoms with Gasteiger partial charge in [0.15, 0.2) is 0 Å². The third-order valence-electron chi connectivity index (χ3n) is 2.27. The predicted octanol–water partition coefficient (Wildman–Crippen LogP) is 0.785. The molecule has 1 rings (SSSR count). The second-order valence-electron chi connectivity index (χ2n) is 3.95. The maximum Gasteiger partial charge on any atom is 0.404 e. The molecule has 3 N–H and O–H groups in total. The highest BCUT2D eigenvalue weighted by molar-refractivity contribution is 5.64. The minimum absolute atomic E-state index is 0.0792. The van der Waals surface area contributed by atoms with Crippen molar-refractivity contribution in [2.24, 2.45) is 0 Å². The molecule has 0 aliphatic carbocycles. The van der Waals surface area contributed by atoms with Gasteiger partial charge >= 0.3 is 6.09 Å². The van der Waals surface area contributed by atoms with E-state index < -0.39 is 6.09 Å². The summed E-state index contributed by atoms with van der Waals surface area (Å²) in [6.45, 7) is 4.99. The molecule has 0 aromatic carbocycles. The lowest BCUT2D eigenvalue weighted by molar-refractivity contribution is 0.180. The molecule has 1 heterocycles. The number of rotatable bonds is 1. The normalized spacial score (nSPS) is 28.0. The summed E-state index contributed by atoms with van der Waals surface area (Å²) >= 11 is 0. The second kappa shape index (κ2) is 3.31. The van der Waals surface area contributed by atoms with Gasteiger partial charge in [-0.1, -0.05) is 0 Å². The van der Waals surface area contributed by atoms with E-state index in [-0.39, 0.29) is 11.6 Å². The van der Waals surface area contributed by atoms with Crippen molar-refractivity contribution in [2.45, 2.75) is 38.3 Å². The molecule has 0 aromatic heterocycles. The number of hydrogen-bond donors (Lipinski definition) is 3. The molecule has 1 fully saturated rings. The quantitative estimate of drug-likeness (QED) is 0.548. The van der Waals surface area contributed by atoms with E-state index in [1.165, 1.54) is 0 Å². The van der Waals surface area contributed by atoms with Gasteiger partial charge in [0, 0.05) is 18.1 Å². The van der Waals surface area contributed by atoms with Crippen molar-refractivity contribution >= 4 is 6.09 Å². The summed E-state index contributed by atoms with van der Waals surface area (Å²) in [5.74, 6) is 0. The summed E-state index contributed by atoms with van der Waals surface area (Å²) in [5.41, 5.74) is 0.163. The topological polar surface area (TPSA) is 61.4 Å². The molecule has 1 amide bonds. The highest BCUT2D eigenvalue weighted by atomic mass is 16.4. The highest BCUT2D eigenvalue weighted by Gasteiger charge is 2.26. The van der Waals surface area contributed by atoms with Gasteiger partial charge in [-0.15, -0.1) is 0 Å². The van der Waals surface area contributed by atoms with E-state index in [0.717, 1.165) is 19.4 Å². The minimum Gasteiger partial charge on any atom is -0.465 e. The lowest BCUT2D eigenvalue weighted by atomic mass is 9.91. The lowest BCUT2D eigenvalue weighted by Crippen LogP contribution is -2.53. The predicted molar refractivity (Wildman–Crippen MR) is 46.3 cm³/mol. The van der Waals surface area contributed by atoms with Crippen LogP contribution in [0, 0.1) is 0 Å². The van der Waals surface area contributed by atoms with Gasteiger partial charge in [0.1, 0.15) is 0 Å². The van der Waals surface area contributed by atoms with E-state index in [9.17, 15) is 4.79 Å². The fourth-order valence-electron chi connectivity index (χ4n) is 1.42. The fourth-order valence-corrected chi connectivity index (χ4v) is 1.42. The largest absolute Gasteiger partial charge is 0.465 e. The minimum atomic E-state index is -0.929. The molecule has 4 heteroatoms. The van der Waals surface area contributed by atoms with Crippen LogP contribution in [0.25, 0.3) is 0 Å².